The highest BCUT2D eigenvalue weighted by Crippen LogP contribution is 2.31. The summed E-state index contributed by atoms with van der Waals surface area (Å²) in [5.41, 5.74) is -0.613. The number of carbonyl (C=O) groups excluding carboxylic acids is 1. The number of amides is 1. The van der Waals surface area contributed by atoms with E-state index in [0.29, 0.717) is 17.1 Å². The van der Waals surface area contributed by atoms with Crippen molar-refractivity contribution < 1.29 is 23.4 Å². The van der Waals surface area contributed by atoms with Crippen molar-refractivity contribution in [2.24, 2.45) is 0 Å². The van der Waals surface area contributed by atoms with Crippen LogP contribution in [0.3, 0.4) is 0 Å². The van der Waals surface area contributed by atoms with Gasteiger partial charge in [0.05, 0.1) is 6.54 Å². The van der Waals surface area contributed by atoms with Gasteiger partial charge in [0.25, 0.3) is 5.91 Å². The van der Waals surface area contributed by atoms with Crippen molar-refractivity contribution >= 4 is 5.91 Å². The van der Waals surface area contributed by atoms with Crippen molar-refractivity contribution in [3.05, 3.63) is 59.9 Å². The lowest BCUT2D eigenvalue weighted by atomic mass is 9.95. The summed E-state index contributed by atoms with van der Waals surface area (Å²) < 4.78 is 30.8. The highest BCUT2D eigenvalue weighted by molar-refractivity contribution is 5.81. The number of nitrogens with one attached hydrogen (secondary N) is 1. The topological polar surface area (TPSA) is 56.8 Å². The molecule has 0 aromatic heterocycles. The number of rotatable bonds is 5. The molecule has 1 N–H and O–H groups in total. The maximum atomic E-state index is 14.1. The van der Waals surface area contributed by atoms with E-state index in [-0.39, 0.29) is 24.9 Å². The number of ether oxygens (including phenoxy) is 3. The first-order chi connectivity index (χ1) is 12.0. The molecule has 0 spiro atoms. The van der Waals surface area contributed by atoms with Gasteiger partial charge in [0.2, 0.25) is 6.10 Å². The number of methoxy groups -OCH3 is 1. The Morgan fingerprint density at radius 3 is 2.64 bits per heavy atom. The number of fused-ring (bicyclic) bond motifs is 1. The fraction of sp³-hybridized carbons (Fsp3) is 0.316. The van der Waals surface area contributed by atoms with E-state index in [4.69, 9.17) is 14.2 Å². The van der Waals surface area contributed by atoms with Gasteiger partial charge in [0, 0.05) is 12.7 Å². The van der Waals surface area contributed by atoms with E-state index in [1.165, 1.54) is 13.2 Å². The van der Waals surface area contributed by atoms with Crippen LogP contribution in [0.15, 0.2) is 48.5 Å². The third-order valence-electron chi connectivity index (χ3n) is 4.30. The molecule has 2 aromatic rings. The minimum atomic E-state index is -0.992. The molecule has 0 bridgehead atoms. The van der Waals surface area contributed by atoms with Crippen LogP contribution in [0.2, 0.25) is 0 Å². The van der Waals surface area contributed by atoms with Crippen molar-refractivity contribution in [2.45, 2.75) is 18.6 Å². The second-order valence-corrected chi connectivity index (χ2v) is 6.00. The number of carbonyl (C=O) groups is 1. The van der Waals surface area contributed by atoms with Crippen LogP contribution in [0.25, 0.3) is 0 Å². The van der Waals surface area contributed by atoms with Crippen molar-refractivity contribution in [1.82, 2.24) is 5.32 Å². The van der Waals surface area contributed by atoms with Crippen LogP contribution in [0, 0.1) is 5.82 Å². The lowest BCUT2D eigenvalue weighted by Crippen LogP contribution is -2.48. The minimum Gasteiger partial charge on any atom is -0.485 e. The summed E-state index contributed by atoms with van der Waals surface area (Å²) >= 11 is 0. The number of hydrogen-bond acceptors (Lipinski definition) is 4. The first-order valence-corrected chi connectivity index (χ1v) is 8.00. The molecule has 2 aromatic carbocycles. The highest BCUT2D eigenvalue weighted by Gasteiger charge is 2.33. The molecule has 5 nitrogen and oxygen atoms in total. The molecule has 0 fully saturated rings. The van der Waals surface area contributed by atoms with Crippen LogP contribution in [0.5, 0.6) is 11.5 Å². The number of para-hydroxylation sites is 2. The maximum Gasteiger partial charge on any atom is 0.264 e. The third-order valence-corrected chi connectivity index (χ3v) is 4.30. The zero-order valence-corrected chi connectivity index (χ0v) is 14.1. The summed E-state index contributed by atoms with van der Waals surface area (Å²) in [5.74, 6) is 0.415. The summed E-state index contributed by atoms with van der Waals surface area (Å²) in [7, 11) is 1.48. The van der Waals surface area contributed by atoms with Gasteiger partial charge in [-0.1, -0.05) is 30.3 Å². The van der Waals surface area contributed by atoms with Crippen molar-refractivity contribution in [2.75, 3.05) is 20.3 Å². The summed E-state index contributed by atoms with van der Waals surface area (Å²) in [6.45, 7) is 1.94. The Morgan fingerprint density at radius 2 is 1.92 bits per heavy atom. The number of hydrogen-bond donors (Lipinski definition) is 1. The third kappa shape index (κ3) is 3.58. The van der Waals surface area contributed by atoms with E-state index < -0.39 is 11.7 Å². The predicted octanol–water partition coefficient (Wildman–Crippen LogP) is 2.64. The largest absolute Gasteiger partial charge is 0.485 e. The highest BCUT2D eigenvalue weighted by atomic mass is 19.1. The monoisotopic (exact) mass is 345 g/mol. The van der Waals surface area contributed by atoms with Gasteiger partial charge in [0.1, 0.15) is 18.0 Å². The molecule has 6 heteroatoms. The first-order valence-electron chi connectivity index (χ1n) is 8.00. The number of benzene rings is 2. The molecule has 0 saturated carbocycles. The second-order valence-electron chi connectivity index (χ2n) is 6.00. The normalized spacial score (nSPS) is 18.3. The number of halogens is 1. The van der Waals surface area contributed by atoms with Crippen LogP contribution in [0.1, 0.15) is 12.5 Å². The standard InChI is InChI=1S/C19H20FNO4/c1-19(23-2,13-7-3-4-8-14(13)20)12-21-18(22)17-11-24-15-9-5-6-10-16(15)25-17/h3-10,17H,11-12H2,1-2H3,(H,21,22)/t17-,19-/m1/s1. The van der Waals surface area contributed by atoms with Gasteiger partial charge in [-0.2, -0.15) is 0 Å². The van der Waals surface area contributed by atoms with Crippen LogP contribution in [0.4, 0.5) is 4.39 Å². The Balaban J connectivity index is 1.66. The van der Waals surface area contributed by atoms with E-state index in [0.717, 1.165) is 0 Å². The van der Waals surface area contributed by atoms with Crippen LogP contribution >= 0.6 is 0 Å². The van der Waals surface area contributed by atoms with Crippen LogP contribution in [-0.2, 0) is 15.1 Å². The maximum absolute atomic E-state index is 14.1. The average Bonchev–Trinajstić information content (AvgIpc) is 2.65. The zero-order chi connectivity index (χ0) is 17.9. The van der Waals surface area contributed by atoms with Crippen LogP contribution < -0.4 is 14.8 Å². The van der Waals surface area contributed by atoms with Gasteiger partial charge in [-0.25, -0.2) is 4.39 Å². The molecule has 0 aliphatic carbocycles. The minimum absolute atomic E-state index is 0.102. The molecule has 1 aliphatic heterocycles. The van der Waals surface area contributed by atoms with Gasteiger partial charge in [-0.3, -0.25) is 4.79 Å². The fourth-order valence-electron chi connectivity index (χ4n) is 2.69. The van der Waals surface area contributed by atoms with Crippen molar-refractivity contribution in [1.29, 1.82) is 0 Å². The van der Waals surface area contributed by atoms with E-state index in [2.05, 4.69) is 5.32 Å². The molecule has 25 heavy (non-hydrogen) atoms. The molecule has 0 unspecified atom stereocenters. The zero-order valence-electron chi connectivity index (χ0n) is 14.1. The molecule has 0 radical (unpaired) electrons. The van der Waals surface area contributed by atoms with Gasteiger partial charge >= 0.3 is 0 Å². The molecule has 3 rings (SSSR count). The Hall–Kier alpha value is -2.60. The second kappa shape index (κ2) is 7.11. The molecule has 0 saturated heterocycles. The fourth-order valence-corrected chi connectivity index (χ4v) is 2.69. The summed E-state index contributed by atoms with van der Waals surface area (Å²) in [6.07, 6.45) is -0.767. The Labute approximate surface area is 145 Å². The van der Waals surface area contributed by atoms with E-state index in [1.807, 2.05) is 12.1 Å². The lowest BCUT2D eigenvalue weighted by Gasteiger charge is -2.31. The molecular formula is C19H20FNO4. The quantitative estimate of drug-likeness (QED) is 0.905. The van der Waals surface area contributed by atoms with E-state index in [1.54, 1.807) is 37.3 Å². The van der Waals surface area contributed by atoms with E-state index in [9.17, 15) is 9.18 Å². The molecular weight excluding hydrogens is 325 g/mol. The molecule has 132 valence electrons. The molecule has 1 amide bonds. The van der Waals surface area contributed by atoms with Gasteiger partial charge in [0.15, 0.2) is 11.5 Å². The average molecular weight is 345 g/mol. The predicted molar refractivity (Wildman–Crippen MR) is 90.1 cm³/mol. The lowest BCUT2D eigenvalue weighted by molar-refractivity contribution is -0.132. The van der Waals surface area contributed by atoms with Crippen molar-refractivity contribution in [3.8, 4) is 11.5 Å². The van der Waals surface area contributed by atoms with Crippen LogP contribution in [-0.4, -0.2) is 32.3 Å². The molecule has 1 heterocycles. The van der Waals surface area contributed by atoms with Gasteiger partial charge in [-0.05, 0) is 25.1 Å². The molecule has 2 atom stereocenters. The SMILES string of the molecule is CO[C@](C)(CNC(=O)[C@H]1COc2ccccc2O1)c1ccccc1F. The summed E-state index contributed by atoms with van der Waals surface area (Å²) in [6, 6.07) is 13.5. The Bertz CT molecular complexity index is 767. The summed E-state index contributed by atoms with van der Waals surface area (Å²) in [5, 5.41) is 2.76. The van der Waals surface area contributed by atoms with Gasteiger partial charge < -0.3 is 19.5 Å². The Morgan fingerprint density at radius 1 is 1.24 bits per heavy atom. The van der Waals surface area contributed by atoms with Crippen molar-refractivity contribution in [3.63, 3.8) is 0 Å². The smallest absolute Gasteiger partial charge is 0.264 e. The summed E-state index contributed by atoms with van der Waals surface area (Å²) in [4.78, 5) is 12.4. The molecule has 1 aliphatic rings. The first kappa shape index (κ1) is 17.2. The van der Waals surface area contributed by atoms with Gasteiger partial charge in [-0.15, -0.1) is 0 Å². The Kier molecular flexibility index (Phi) is 4.90. The van der Waals surface area contributed by atoms with E-state index >= 15 is 0 Å².